The van der Waals surface area contributed by atoms with Crippen molar-refractivity contribution in [2.24, 2.45) is 0 Å². The van der Waals surface area contributed by atoms with E-state index in [2.05, 4.69) is 39.6 Å². The molecule has 0 aliphatic rings. The Morgan fingerprint density at radius 2 is 1.90 bits per heavy atom. The van der Waals surface area contributed by atoms with E-state index in [-0.39, 0.29) is 11.7 Å². The summed E-state index contributed by atoms with van der Waals surface area (Å²) in [5, 5.41) is 12.2. The number of thioether (sulfide) groups is 1. The van der Waals surface area contributed by atoms with Crippen LogP contribution in [0.2, 0.25) is 0 Å². The number of hydrogen-bond donors (Lipinski definition) is 1. The molecule has 7 nitrogen and oxygen atoms in total. The molecule has 0 fully saturated rings. The molecule has 1 aromatic carbocycles. The summed E-state index contributed by atoms with van der Waals surface area (Å²) in [6, 6.07) is 11.8. The summed E-state index contributed by atoms with van der Waals surface area (Å²) in [6.45, 7) is 3.28. The van der Waals surface area contributed by atoms with Gasteiger partial charge in [0.05, 0.1) is 18.9 Å². The molecule has 0 saturated carbocycles. The first-order valence-corrected chi connectivity index (χ1v) is 10.5. The lowest BCUT2D eigenvalue weighted by Gasteiger charge is -2.10. The number of carbonyl (C=O) groups excluding carboxylic acids is 1. The molecule has 3 aromatic rings. The van der Waals surface area contributed by atoms with Gasteiger partial charge in [0.15, 0.2) is 11.0 Å². The number of carbonyl (C=O) groups is 1. The number of ether oxygens (including phenoxy) is 1. The number of rotatable bonds is 10. The maximum absolute atomic E-state index is 12.4. The molecule has 29 heavy (non-hydrogen) atoms. The van der Waals surface area contributed by atoms with Gasteiger partial charge in [-0.1, -0.05) is 37.2 Å². The molecule has 8 heteroatoms. The molecule has 0 spiro atoms. The van der Waals surface area contributed by atoms with Gasteiger partial charge in [-0.2, -0.15) is 0 Å². The maximum Gasteiger partial charge on any atom is 0.234 e. The number of benzene rings is 1. The first kappa shape index (κ1) is 21.0. The third kappa shape index (κ3) is 5.88. The van der Waals surface area contributed by atoms with Gasteiger partial charge in [-0.25, -0.2) is 0 Å². The summed E-state index contributed by atoms with van der Waals surface area (Å²) in [7, 11) is 1.66. The zero-order chi connectivity index (χ0) is 20.5. The van der Waals surface area contributed by atoms with Crippen molar-refractivity contribution >= 4 is 23.4 Å². The molecule has 152 valence electrons. The summed E-state index contributed by atoms with van der Waals surface area (Å²) in [5.41, 5.74) is 3.00. The normalized spacial score (nSPS) is 10.8. The fourth-order valence-electron chi connectivity index (χ4n) is 2.86. The molecule has 2 aromatic heterocycles. The number of hydrogen-bond acceptors (Lipinski definition) is 6. The van der Waals surface area contributed by atoms with E-state index in [0.717, 1.165) is 29.9 Å². The van der Waals surface area contributed by atoms with Crippen molar-refractivity contribution in [2.45, 2.75) is 31.5 Å². The Hall–Kier alpha value is -2.71. The van der Waals surface area contributed by atoms with E-state index < -0.39 is 0 Å². The van der Waals surface area contributed by atoms with Crippen LogP contribution >= 0.6 is 11.8 Å². The number of nitrogens with one attached hydrogen (secondary N) is 1. The Morgan fingerprint density at radius 3 is 2.59 bits per heavy atom. The molecule has 0 radical (unpaired) electrons. The fraction of sp³-hybridized carbons (Fsp3) is 0.333. The van der Waals surface area contributed by atoms with Crippen LogP contribution in [0, 0.1) is 0 Å². The summed E-state index contributed by atoms with van der Waals surface area (Å²) in [6.07, 6.45) is 5.59. The molecule has 3 rings (SSSR count). The lowest BCUT2D eigenvalue weighted by Crippen LogP contribution is -2.15. The molecule has 1 N–H and O–H groups in total. The molecule has 0 aliphatic heterocycles. The van der Waals surface area contributed by atoms with Crippen LogP contribution < -0.4 is 5.32 Å². The van der Waals surface area contributed by atoms with Gasteiger partial charge in [0.1, 0.15) is 0 Å². The number of aromatic nitrogens is 4. The first-order chi connectivity index (χ1) is 14.2. The maximum atomic E-state index is 12.4. The Kier molecular flexibility index (Phi) is 7.77. The molecule has 0 unspecified atom stereocenters. The number of amides is 1. The number of anilines is 1. The minimum absolute atomic E-state index is 0.0787. The molecule has 0 atom stereocenters. The van der Waals surface area contributed by atoms with Crippen molar-refractivity contribution in [3.8, 4) is 11.4 Å². The van der Waals surface area contributed by atoms with Gasteiger partial charge in [-0.15, -0.1) is 10.2 Å². The van der Waals surface area contributed by atoms with Crippen LogP contribution in [-0.4, -0.2) is 45.1 Å². The van der Waals surface area contributed by atoms with Crippen molar-refractivity contribution in [2.75, 3.05) is 24.8 Å². The van der Waals surface area contributed by atoms with Gasteiger partial charge in [0.2, 0.25) is 5.91 Å². The van der Waals surface area contributed by atoms with Crippen LogP contribution in [0.1, 0.15) is 18.9 Å². The van der Waals surface area contributed by atoms with E-state index in [1.807, 2.05) is 28.8 Å². The number of nitrogens with zero attached hydrogens (tertiary/aromatic N) is 4. The summed E-state index contributed by atoms with van der Waals surface area (Å²) in [4.78, 5) is 16.4. The second-order valence-electron chi connectivity index (χ2n) is 6.47. The van der Waals surface area contributed by atoms with E-state index in [0.29, 0.717) is 18.3 Å². The molecule has 0 aliphatic carbocycles. The highest BCUT2D eigenvalue weighted by Crippen LogP contribution is 2.24. The van der Waals surface area contributed by atoms with Crippen LogP contribution in [0.15, 0.2) is 53.9 Å². The van der Waals surface area contributed by atoms with Gasteiger partial charge in [-0.3, -0.25) is 14.3 Å². The van der Waals surface area contributed by atoms with Gasteiger partial charge < -0.3 is 10.1 Å². The van der Waals surface area contributed by atoms with E-state index in [9.17, 15) is 4.79 Å². The third-order valence-corrected chi connectivity index (χ3v) is 5.25. The Balaban J connectivity index is 1.64. The topological polar surface area (TPSA) is 81.9 Å². The zero-order valence-corrected chi connectivity index (χ0v) is 17.5. The van der Waals surface area contributed by atoms with Crippen LogP contribution in [0.5, 0.6) is 0 Å². The van der Waals surface area contributed by atoms with Crippen molar-refractivity contribution in [1.29, 1.82) is 0 Å². The number of aryl methyl sites for hydroxylation is 1. The first-order valence-electron chi connectivity index (χ1n) is 9.55. The third-order valence-electron chi connectivity index (χ3n) is 4.28. The SMILES string of the molecule is CCCc1ccc(NC(=O)CSc2nnc(-c3ccncc3)n2CCOC)cc1. The summed E-state index contributed by atoms with van der Waals surface area (Å²) < 4.78 is 7.18. The highest BCUT2D eigenvalue weighted by molar-refractivity contribution is 7.99. The average Bonchev–Trinajstić information content (AvgIpc) is 3.15. The van der Waals surface area contributed by atoms with E-state index >= 15 is 0 Å². The van der Waals surface area contributed by atoms with Crippen LogP contribution in [0.25, 0.3) is 11.4 Å². The zero-order valence-electron chi connectivity index (χ0n) is 16.7. The number of pyridine rings is 1. The predicted molar refractivity (Wildman–Crippen MR) is 115 cm³/mol. The lowest BCUT2D eigenvalue weighted by molar-refractivity contribution is -0.113. The Labute approximate surface area is 174 Å². The standard InChI is InChI=1S/C21H25N5O2S/c1-3-4-16-5-7-18(8-6-16)23-19(27)15-29-21-25-24-20(26(21)13-14-28-2)17-9-11-22-12-10-17/h5-12H,3-4,13-15H2,1-2H3,(H,23,27). The predicted octanol–water partition coefficient (Wildman–Crippen LogP) is 3.67. The quantitative estimate of drug-likeness (QED) is 0.513. The smallest absolute Gasteiger partial charge is 0.234 e. The molecular weight excluding hydrogens is 386 g/mol. The molecule has 1 amide bonds. The average molecular weight is 412 g/mol. The van der Waals surface area contributed by atoms with E-state index in [4.69, 9.17) is 4.74 Å². The van der Waals surface area contributed by atoms with Gasteiger partial charge in [-0.05, 0) is 36.2 Å². The van der Waals surface area contributed by atoms with Gasteiger partial charge in [0.25, 0.3) is 0 Å². The largest absolute Gasteiger partial charge is 0.383 e. The second kappa shape index (κ2) is 10.7. The fourth-order valence-corrected chi connectivity index (χ4v) is 3.63. The molecular formula is C21H25N5O2S. The van der Waals surface area contributed by atoms with Gasteiger partial charge >= 0.3 is 0 Å². The van der Waals surface area contributed by atoms with Crippen LogP contribution in [0.4, 0.5) is 5.69 Å². The van der Waals surface area contributed by atoms with Crippen LogP contribution in [0.3, 0.4) is 0 Å². The van der Waals surface area contributed by atoms with Crippen molar-refractivity contribution < 1.29 is 9.53 Å². The number of methoxy groups -OCH3 is 1. The Morgan fingerprint density at radius 1 is 1.14 bits per heavy atom. The summed E-state index contributed by atoms with van der Waals surface area (Å²) >= 11 is 1.36. The van der Waals surface area contributed by atoms with E-state index in [1.165, 1.54) is 17.3 Å². The van der Waals surface area contributed by atoms with Crippen LogP contribution in [-0.2, 0) is 22.5 Å². The van der Waals surface area contributed by atoms with Crippen molar-refractivity contribution in [3.63, 3.8) is 0 Å². The van der Waals surface area contributed by atoms with E-state index in [1.54, 1.807) is 19.5 Å². The highest BCUT2D eigenvalue weighted by Gasteiger charge is 2.15. The summed E-state index contributed by atoms with van der Waals surface area (Å²) in [5.74, 6) is 0.905. The lowest BCUT2D eigenvalue weighted by atomic mass is 10.1. The van der Waals surface area contributed by atoms with Crippen molar-refractivity contribution in [1.82, 2.24) is 19.7 Å². The minimum atomic E-state index is -0.0787. The molecule has 2 heterocycles. The monoisotopic (exact) mass is 411 g/mol. The minimum Gasteiger partial charge on any atom is -0.383 e. The van der Waals surface area contributed by atoms with Gasteiger partial charge in [0, 0.05) is 30.8 Å². The molecule has 0 bridgehead atoms. The second-order valence-corrected chi connectivity index (χ2v) is 7.41. The Bertz CT molecular complexity index is 913. The highest BCUT2D eigenvalue weighted by atomic mass is 32.2. The molecule has 0 saturated heterocycles. The van der Waals surface area contributed by atoms with Crippen molar-refractivity contribution in [3.05, 3.63) is 54.4 Å².